The molecule has 1 rings (SSSR count). The van der Waals surface area contributed by atoms with E-state index in [0.717, 1.165) is 11.8 Å². The highest BCUT2D eigenvalue weighted by Gasteiger charge is 2.32. The van der Waals surface area contributed by atoms with Gasteiger partial charge in [0.1, 0.15) is 0 Å². The molecule has 0 spiro atoms. The molecular formula is C13H24. The summed E-state index contributed by atoms with van der Waals surface area (Å²) >= 11 is 0. The second-order valence-electron chi connectivity index (χ2n) is 4.94. The van der Waals surface area contributed by atoms with Crippen molar-refractivity contribution in [3.05, 3.63) is 0 Å². The Bertz CT molecular complexity index is 171. The van der Waals surface area contributed by atoms with Gasteiger partial charge in [-0.15, -0.1) is 12.3 Å². The molecule has 0 N–H and O–H groups in total. The van der Waals surface area contributed by atoms with Gasteiger partial charge in [-0.25, -0.2) is 0 Å². The molecular weight excluding hydrogens is 156 g/mol. The van der Waals surface area contributed by atoms with Crippen LogP contribution in [-0.4, -0.2) is 0 Å². The Hall–Kier alpha value is -0.440. The smallest absolute Gasteiger partial charge is 0.00297 e. The summed E-state index contributed by atoms with van der Waals surface area (Å²) in [4.78, 5) is 0. The number of hydrogen-bond donors (Lipinski definition) is 0. The minimum Gasteiger partial charge on any atom is -0.120 e. The van der Waals surface area contributed by atoms with Crippen molar-refractivity contribution < 1.29 is 0 Å². The van der Waals surface area contributed by atoms with E-state index in [2.05, 4.69) is 40.0 Å². The lowest BCUT2D eigenvalue weighted by Crippen LogP contribution is -2.31. The van der Waals surface area contributed by atoms with Gasteiger partial charge >= 0.3 is 0 Å². The fourth-order valence-corrected chi connectivity index (χ4v) is 2.13. The second kappa shape index (κ2) is 5.32. The highest BCUT2D eigenvalue weighted by molar-refractivity contribution is 4.83. The van der Waals surface area contributed by atoms with E-state index in [1.165, 1.54) is 19.3 Å². The van der Waals surface area contributed by atoms with Gasteiger partial charge in [-0.3, -0.25) is 0 Å². The van der Waals surface area contributed by atoms with Gasteiger partial charge in [0, 0.05) is 0 Å². The predicted molar refractivity (Wildman–Crippen MR) is 60.5 cm³/mol. The third-order valence-electron chi connectivity index (χ3n) is 3.57. The lowest BCUT2D eigenvalue weighted by molar-refractivity contribution is 0.0996. The molecule has 0 aromatic heterocycles. The summed E-state index contributed by atoms with van der Waals surface area (Å²) in [7, 11) is 0. The normalized spacial score (nSPS) is 31.1. The molecule has 0 amide bonds. The van der Waals surface area contributed by atoms with Crippen molar-refractivity contribution in [1.82, 2.24) is 0 Å². The van der Waals surface area contributed by atoms with Crippen LogP contribution in [0.15, 0.2) is 0 Å². The molecule has 1 aliphatic rings. The van der Waals surface area contributed by atoms with Gasteiger partial charge in [-0.2, -0.15) is 0 Å². The summed E-state index contributed by atoms with van der Waals surface area (Å²) in [5.74, 6) is 4.12. The van der Waals surface area contributed by atoms with Crippen LogP contribution < -0.4 is 0 Å². The van der Waals surface area contributed by atoms with Gasteiger partial charge in [-0.1, -0.05) is 40.5 Å². The van der Waals surface area contributed by atoms with E-state index in [1.54, 1.807) is 6.92 Å². The lowest BCUT2D eigenvalue weighted by atomic mass is 9.65. The third-order valence-corrected chi connectivity index (χ3v) is 3.57. The van der Waals surface area contributed by atoms with E-state index in [-0.39, 0.29) is 0 Å². The zero-order chi connectivity index (χ0) is 10.5. The van der Waals surface area contributed by atoms with Crippen molar-refractivity contribution in [2.75, 3.05) is 0 Å². The fraction of sp³-hybridized carbons (Fsp3) is 0.846. The number of terminal acetylenes is 1. The summed E-state index contributed by atoms with van der Waals surface area (Å²) in [5.41, 5.74) is 0.609. The minimum absolute atomic E-state index is 0.609. The van der Waals surface area contributed by atoms with Gasteiger partial charge < -0.3 is 0 Å². The van der Waals surface area contributed by atoms with Crippen LogP contribution in [0, 0.1) is 29.6 Å². The van der Waals surface area contributed by atoms with Crippen LogP contribution in [-0.2, 0) is 0 Å². The van der Waals surface area contributed by atoms with Crippen LogP contribution in [0.2, 0.25) is 0 Å². The first-order valence-corrected chi connectivity index (χ1v) is 5.33. The first-order valence-electron chi connectivity index (χ1n) is 5.33. The van der Waals surface area contributed by atoms with Crippen molar-refractivity contribution >= 4 is 0 Å². The Morgan fingerprint density at radius 3 is 2.08 bits per heavy atom. The van der Waals surface area contributed by atoms with Crippen molar-refractivity contribution in [1.29, 1.82) is 0 Å². The minimum atomic E-state index is 0.609. The van der Waals surface area contributed by atoms with Gasteiger partial charge in [0.2, 0.25) is 0 Å². The van der Waals surface area contributed by atoms with Crippen molar-refractivity contribution in [2.24, 2.45) is 17.3 Å². The van der Waals surface area contributed by atoms with E-state index in [1.807, 2.05) is 0 Å². The SMILES string of the molecule is C#CC.CC1CCCC(C)(C)C1C. The summed E-state index contributed by atoms with van der Waals surface area (Å²) in [6.45, 7) is 11.3. The van der Waals surface area contributed by atoms with Gasteiger partial charge in [0.25, 0.3) is 0 Å². The van der Waals surface area contributed by atoms with Gasteiger partial charge in [-0.05, 0) is 30.6 Å². The Labute approximate surface area is 84.1 Å². The average molecular weight is 180 g/mol. The molecule has 0 aromatic rings. The van der Waals surface area contributed by atoms with E-state index in [4.69, 9.17) is 0 Å². The fourth-order valence-electron chi connectivity index (χ4n) is 2.13. The van der Waals surface area contributed by atoms with E-state index < -0.39 is 0 Å². The van der Waals surface area contributed by atoms with Crippen molar-refractivity contribution in [2.45, 2.75) is 53.9 Å². The molecule has 0 aromatic carbocycles. The van der Waals surface area contributed by atoms with Crippen LogP contribution in [0.5, 0.6) is 0 Å². The Balaban J connectivity index is 0.000000424. The van der Waals surface area contributed by atoms with Crippen LogP contribution in [0.3, 0.4) is 0 Å². The lowest BCUT2D eigenvalue weighted by Gasteiger charge is -2.40. The highest BCUT2D eigenvalue weighted by atomic mass is 14.4. The van der Waals surface area contributed by atoms with E-state index >= 15 is 0 Å². The Kier molecular flexibility index (Phi) is 5.14. The summed E-state index contributed by atoms with van der Waals surface area (Å²) in [6.07, 6.45) is 8.92. The van der Waals surface area contributed by atoms with Crippen LogP contribution >= 0.6 is 0 Å². The van der Waals surface area contributed by atoms with Crippen LogP contribution in [0.1, 0.15) is 53.9 Å². The highest BCUT2D eigenvalue weighted by Crippen LogP contribution is 2.43. The van der Waals surface area contributed by atoms with Crippen LogP contribution in [0.25, 0.3) is 0 Å². The molecule has 0 heterocycles. The zero-order valence-electron chi connectivity index (χ0n) is 9.85. The van der Waals surface area contributed by atoms with Gasteiger partial charge in [0.05, 0.1) is 0 Å². The standard InChI is InChI=1S/C10H20.C3H4/c1-8-6-5-7-10(3,4)9(8)2;1-3-2/h8-9H,5-7H2,1-4H3;1H,2H3. The molecule has 0 bridgehead atoms. The zero-order valence-corrected chi connectivity index (χ0v) is 9.85. The van der Waals surface area contributed by atoms with E-state index in [9.17, 15) is 0 Å². The van der Waals surface area contributed by atoms with Crippen molar-refractivity contribution in [3.63, 3.8) is 0 Å². The molecule has 0 saturated heterocycles. The first kappa shape index (κ1) is 12.6. The molecule has 1 fully saturated rings. The summed E-state index contributed by atoms with van der Waals surface area (Å²) in [5, 5.41) is 0. The molecule has 0 heteroatoms. The maximum Gasteiger partial charge on any atom is -0.00297 e. The summed E-state index contributed by atoms with van der Waals surface area (Å²) in [6, 6.07) is 0. The third kappa shape index (κ3) is 3.85. The monoisotopic (exact) mass is 180 g/mol. The first-order chi connectivity index (χ1) is 5.95. The molecule has 0 nitrogen and oxygen atoms in total. The topological polar surface area (TPSA) is 0 Å². The molecule has 0 aliphatic heterocycles. The summed E-state index contributed by atoms with van der Waals surface area (Å²) < 4.78 is 0. The molecule has 1 aliphatic carbocycles. The molecule has 2 unspecified atom stereocenters. The molecule has 2 atom stereocenters. The number of rotatable bonds is 0. The molecule has 76 valence electrons. The molecule has 0 radical (unpaired) electrons. The maximum atomic E-state index is 4.60. The molecule has 1 saturated carbocycles. The largest absolute Gasteiger partial charge is 0.120 e. The maximum absolute atomic E-state index is 4.60. The Morgan fingerprint density at radius 1 is 1.31 bits per heavy atom. The van der Waals surface area contributed by atoms with Crippen molar-refractivity contribution in [3.8, 4) is 12.3 Å². The number of hydrogen-bond acceptors (Lipinski definition) is 0. The second-order valence-corrected chi connectivity index (χ2v) is 4.94. The van der Waals surface area contributed by atoms with Gasteiger partial charge in [0.15, 0.2) is 0 Å². The quantitative estimate of drug-likeness (QED) is 0.492. The average Bonchev–Trinajstić information content (AvgIpc) is 2.01. The van der Waals surface area contributed by atoms with E-state index in [0.29, 0.717) is 5.41 Å². The Morgan fingerprint density at radius 2 is 1.77 bits per heavy atom. The molecule has 13 heavy (non-hydrogen) atoms. The van der Waals surface area contributed by atoms with Crippen LogP contribution in [0.4, 0.5) is 0 Å². The predicted octanol–water partition coefficient (Wildman–Crippen LogP) is 4.11.